The average molecular weight is 356 g/mol. The summed E-state index contributed by atoms with van der Waals surface area (Å²) in [7, 11) is 0. The molecule has 0 aliphatic rings. The maximum absolute atomic E-state index is 12.5. The number of hydrogen-bond acceptors (Lipinski definition) is 3. The van der Waals surface area contributed by atoms with Crippen molar-refractivity contribution in [3.05, 3.63) is 63.4 Å². The summed E-state index contributed by atoms with van der Waals surface area (Å²) in [5.74, 6) is 0. The van der Waals surface area contributed by atoms with Crippen LogP contribution >= 0.6 is 23.4 Å². The number of fused-ring (bicyclic) bond motifs is 3. The van der Waals surface area contributed by atoms with Crippen molar-refractivity contribution in [3.63, 3.8) is 0 Å². The van der Waals surface area contributed by atoms with Crippen molar-refractivity contribution in [2.45, 2.75) is 11.8 Å². The molecular weight excluding hydrogens is 342 g/mol. The van der Waals surface area contributed by atoms with E-state index in [1.807, 2.05) is 43.5 Å². The van der Waals surface area contributed by atoms with Crippen molar-refractivity contribution < 1.29 is 4.42 Å². The Balaban J connectivity index is 2.15. The number of hydrogen-bond donors (Lipinski definition) is 1. The lowest BCUT2D eigenvalue weighted by atomic mass is 10.0. The summed E-state index contributed by atoms with van der Waals surface area (Å²) in [4.78, 5) is 16.5. The molecule has 4 aromatic rings. The topological polar surface area (TPSA) is 46.0 Å². The Morgan fingerprint density at radius 2 is 2.00 bits per heavy atom. The first-order valence-electron chi connectivity index (χ1n) is 7.47. The first kappa shape index (κ1) is 15.4. The summed E-state index contributed by atoms with van der Waals surface area (Å²) in [5, 5.41) is 1.43. The summed E-state index contributed by atoms with van der Waals surface area (Å²) in [5.41, 5.74) is 4.41. The largest absolute Gasteiger partial charge is 0.454 e. The molecule has 0 radical (unpaired) electrons. The minimum Gasteiger partial charge on any atom is -0.454 e. The zero-order valence-electron chi connectivity index (χ0n) is 13.1. The maximum Gasteiger partial charge on any atom is 0.252 e. The molecule has 0 aliphatic carbocycles. The van der Waals surface area contributed by atoms with Gasteiger partial charge in [0.05, 0.1) is 5.52 Å². The fraction of sp³-hybridized carbons (Fsp3) is 0.105. The van der Waals surface area contributed by atoms with Crippen LogP contribution < -0.4 is 5.56 Å². The maximum atomic E-state index is 12.5. The summed E-state index contributed by atoms with van der Waals surface area (Å²) in [6.45, 7) is 1.82. The molecular formula is C19H14ClNO2S. The second-order valence-corrected chi connectivity index (χ2v) is 6.95. The first-order valence-corrected chi connectivity index (χ1v) is 9.08. The molecule has 2 aromatic carbocycles. The Hall–Kier alpha value is -2.17. The van der Waals surface area contributed by atoms with Crippen LogP contribution in [0.2, 0.25) is 5.02 Å². The van der Waals surface area contributed by atoms with Crippen molar-refractivity contribution in [1.29, 1.82) is 0 Å². The molecule has 0 unspecified atom stereocenters. The minimum atomic E-state index is -0.116. The number of thioether (sulfide) groups is 1. The predicted molar refractivity (Wildman–Crippen MR) is 101 cm³/mol. The zero-order valence-corrected chi connectivity index (χ0v) is 14.7. The van der Waals surface area contributed by atoms with Gasteiger partial charge >= 0.3 is 0 Å². The first-order chi connectivity index (χ1) is 11.6. The molecule has 120 valence electrons. The van der Waals surface area contributed by atoms with Gasteiger partial charge in [-0.25, -0.2) is 0 Å². The van der Waals surface area contributed by atoms with Gasteiger partial charge < -0.3 is 9.40 Å². The van der Waals surface area contributed by atoms with E-state index in [1.54, 1.807) is 17.8 Å². The third-order valence-corrected chi connectivity index (χ3v) is 5.15. The number of nitrogens with one attached hydrogen (secondary N) is 1. The molecule has 24 heavy (non-hydrogen) atoms. The van der Waals surface area contributed by atoms with Crippen LogP contribution in [0.25, 0.3) is 33.2 Å². The van der Waals surface area contributed by atoms with Gasteiger partial charge in [-0.2, -0.15) is 0 Å². The molecule has 0 saturated heterocycles. The van der Waals surface area contributed by atoms with Gasteiger partial charge in [-0.15, -0.1) is 11.8 Å². The molecule has 2 heterocycles. The van der Waals surface area contributed by atoms with Gasteiger partial charge in [0.2, 0.25) is 0 Å². The van der Waals surface area contributed by atoms with Gasteiger partial charge in [-0.05, 0) is 49.1 Å². The van der Waals surface area contributed by atoms with Crippen molar-refractivity contribution >= 4 is 45.4 Å². The summed E-state index contributed by atoms with van der Waals surface area (Å²) < 4.78 is 6.07. The van der Waals surface area contributed by atoms with Crippen molar-refractivity contribution in [2.75, 3.05) is 6.26 Å². The highest BCUT2D eigenvalue weighted by Gasteiger charge is 2.18. The number of aromatic nitrogens is 1. The van der Waals surface area contributed by atoms with Gasteiger partial charge in [0.25, 0.3) is 5.56 Å². The average Bonchev–Trinajstić information content (AvgIpc) is 2.93. The molecule has 0 fully saturated rings. The second-order valence-electron chi connectivity index (χ2n) is 5.63. The normalized spacial score (nSPS) is 11.5. The summed E-state index contributed by atoms with van der Waals surface area (Å²) >= 11 is 7.77. The standard InChI is InChI=1S/C19H14ClNO2S/c1-10-16(11-4-3-5-13(8-11)24-2)18-17(21-19(10)22)14-9-12(20)6-7-15(14)23-18/h3-9H,1-2H3,(H,21,22). The highest BCUT2D eigenvalue weighted by Crippen LogP contribution is 2.37. The van der Waals surface area contributed by atoms with Gasteiger partial charge in [0.1, 0.15) is 5.58 Å². The molecule has 0 spiro atoms. The zero-order chi connectivity index (χ0) is 16.8. The molecule has 0 amide bonds. The molecule has 1 N–H and O–H groups in total. The van der Waals surface area contributed by atoms with E-state index in [1.165, 1.54) is 0 Å². The minimum absolute atomic E-state index is 0.116. The van der Waals surface area contributed by atoms with Gasteiger partial charge in [-0.3, -0.25) is 4.79 Å². The number of H-pyrrole nitrogens is 1. The Morgan fingerprint density at radius 3 is 2.79 bits per heavy atom. The van der Waals surface area contributed by atoms with Crippen LogP contribution in [0.5, 0.6) is 0 Å². The van der Waals surface area contributed by atoms with E-state index in [9.17, 15) is 4.79 Å². The van der Waals surface area contributed by atoms with Crippen LogP contribution in [0.1, 0.15) is 5.56 Å². The van der Waals surface area contributed by atoms with Crippen LogP contribution in [0.15, 0.2) is 56.6 Å². The Morgan fingerprint density at radius 1 is 1.17 bits per heavy atom. The summed E-state index contributed by atoms with van der Waals surface area (Å²) in [6.07, 6.45) is 2.03. The van der Waals surface area contributed by atoms with E-state index in [0.29, 0.717) is 27.3 Å². The van der Waals surface area contributed by atoms with Crippen molar-refractivity contribution in [3.8, 4) is 11.1 Å². The van der Waals surface area contributed by atoms with Crippen LogP contribution in [-0.2, 0) is 0 Å². The van der Waals surface area contributed by atoms with Crippen molar-refractivity contribution in [2.24, 2.45) is 0 Å². The lowest BCUT2D eigenvalue weighted by molar-refractivity contribution is 0.668. The number of pyridine rings is 1. The van der Waals surface area contributed by atoms with Crippen molar-refractivity contribution in [1.82, 2.24) is 4.98 Å². The number of benzene rings is 2. The quantitative estimate of drug-likeness (QED) is 0.474. The Labute approximate surface area is 147 Å². The molecule has 0 bridgehead atoms. The fourth-order valence-corrected chi connectivity index (χ4v) is 3.62. The predicted octanol–water partition coefficient (Wildman–Crippen LogP) is 5.63. The van der Waals surface area contributed by atoms with Gasteiger partial charge in [-0.1, -0.05) is 23.7 Å². The van der Waals surface area contributed by atoms with Crippen LogP contribution in [0, 0.1) is 6.92 Å². The SMILES string of the molecule is CSc1cccc(-c2c(C)c(=O)[nH]c3c2oc2ccc(Cl)cc23)c1. The lowest BCUT2D eigenvalue weighted by Gasteiger charge is -2.07. The molecule has 0 atom stereocenters. The lowest BCUT2D eigenvalue weighted by Crippen LogP contribution is -2.10. The third-order valence-electron chi connectivity index (χ3n) is 4.19. The monoisotopic (exact) mass is 355 g/mol. The highest BCUT2D eigenvalue weighted by atomic mass is 35.5. The highest BCUT2D eigenvalue weighted by molar-refractivity contribution is 7.98. The third kappa shape index (κ3) is 2.34. The van der Waals surface area contributed by atoms with Crippen LogP contribution in [0.4, 0.5) is 0 Å². The number of aromatic amines is 1. The van der Waals surface area contributed by atoms with E-state index >= 15 is 0 Å². The Kier molecular flexibility index (Phi) is 3.66. The van der Waals surface area contributed by atoms with E-state index in [0.717, 1.165) is 21.4 Å². The molecule has 0 saturated carbocycles. The number of rotatable bonds is 2. The molecule has 4 rings (SSSR count). The smallest absolute Gasteiger partial charge is 0.252 e. The van der Waals surface area contributed by atoms with Crippen LogP contribution in [0.3, 0.4) is 0 Å². The van der Waals surface area contributed by atoms with E-state index in [4.69, 9.17) is 16.0 Å². The molecule has 5 heteroatoms. The molecule has 3 nitrogen and oxygen atoms in total. The Bertz CT molecular complexity index is 1140. The number of halogens is 1. The van der Waals surface area contributed by atoms with Gasteiger partial charge in [0, 0.05) is 26.4 Å². The van der Waals surface area contributed by atoms with E-state index in [2.05, 4.69) is 11.1 Å². The number of furan rings is 1. The van der Waals surface area contributed by atoms with Gasteiger partial charge in [0.15, 0.2) is 5.58 Å². The molecule has 2 aromatic heterocycles. The fourth-order valence-electron chi connectivity index (χ4n) is 2.99. The summed E-state index contributed by atoms with van der Waals surface area (Å²) in [6, 6.07) is 13.5. The van der Waals surface area contributed by atoms with Crippen LogP contribution in [-0.4, -0.2) is 11.2 Å². The molecule has 0 aliphatic heterocycles. The second kappa shape index (κ2) is 5.72. The van der Waals surface area contributed by atoms with E-state index < -0.39 is 0 Å². The van der Waals surface area contributed by atoms with E-state index in [-0.39, 0.29) is 5.56 Å².